The smallest absolute Gasteiger partial charge is 0.410 e. The molecular formula is C30H29N3O2. The number of carbonyl (C=O) groups excluding carboxylic acids is 1. The van der Waals surface area contributed by atoms with Gasteiger partial charge in [0.15, 0.2) is 0 Å². The zero-order valence-electron chi connectivity index (χ0n) is 19.6. The molecular weight excluding hydrogens is 434 g/mol. The van der Waals surface area contributed by atoms with Crippen LogP contribution in [-0.2, 0) is 17.7 Å². The molecule has 0 saturated carbocycles. The SMILES string of the molecule is Nc1ccc(CCN(Cc2ccc(N)cc2)C(=O)OCC2c3ccccc3-c3ccccc32)cc1. The van der Waals surface area contributed by atoms with E-state index in [9.17, 15) is 4.79 Å². The highest BCUT2D eigenvalue weighted by Gasteiger charge is 2.29. The lowest BCUT2D eigenvalue weighted by Gasteiger charge is -2.24. The normalized spacial score (nSPS) is 12.1. The predicted octanol–water partition coefficient (Wildman–Crippen LogP) is 5.84. The summed E-state index contributed by atoms with van der Waals surface area (Å²) in [5, 5.41) is 0. The third kappa shape index (κ3) is 4.99. The van der Waals surface area contributed by atoms with Gasteiger partial charge in [0.05, 0.1) is 0 Å². The van der Waals surface area contributed by atoms with Gasteiger partial charge in [0.2, 0.25) is 0 Å². The van der Waals surface area contributed by atoms with Crippen LogP contribution in [0.2, 0.25) is 0 Å². The first-order valence-electron chi connectivity index (χ1n) is 11.9. The largest absolute Gasteiger partial charge is 0.448 e. The fourth-order valence-electron chi connectivity index (χ4n) is 4.71. The number of nitrogens with two attached hydrogens (primary N) is 2. The van der Waals surface area contributed by atoms with Gasteiger partial charge in [-0.15, -0.1) is 0 Å². The number of anilines is 2. The number of carbonyl (C=O) groups is 1. The Bertz CT molecular complexity index is 1270. The standard InChI is InChI=1S/C30H29N3O2/c31-23-13-9-21(10-14-23)17-18-33(19-22-11-15-24(32)16-12-22)30(34)35-20-29-27-7-3-1-5-25(27)26-6-2-4-8-28(26)29/h1-16,29H,17-20,31-32H2. The molecule has 0 unspecified atom stereocenters. The van der Waals surface area contributed by atoms with Gasteiger partial charge in [0.1, 0.15) is 6.61 Å². The molecule has 35 heavy (non-hydrogen) atoms. The molecule has 1 aliphatic carbocycles. The third-order valence-electron chi connectivity index (χ3n) is 6.60. The Hall–Kier alpha value is -4.25. The van der Waals surface area contributed by atoms with E-state index in [4.69, 9.17) is 16.2 Å². The molecule has 0 heterocycles. The summed E-state index contributed by atoms with van der Waals surface area (Å²) >= 11 is 0. The maximum absolute atomic E-state index is 13.3. The Morgan fingerprint density at radius 2 is 1.23 bits per heavy atom. The molecule has 0 radical (unpaired) electrons. The highest BCUT2D eigenvalue weighted by atomic mass is 16.6. The van der Waals surface area contributed by atoms with E-state index < -0.39 is 0 Å². The highest BCUT2D eigenvalue weighted by molar-refractivity contribution is 5.79. The number of amides is 1. The van der Waals surface area contributed by atoms with Gasteiger partial charge in [-0.1, -0.05) is 72.8 Å². The van der Waals surface area contributed by atoms with Gasteiger partial charge < -0.3 is 21.1 Å². The predicted molar refractivity (Wildman–Crippen MR) is 141 cm³/mol. The molecule has 0 saturated heterocycles. The van der Waals surface area contributed by atoms with Crippen LogP contribution in [0.3, 0.4) is 0 Å². The van der Waals surface area contributed by atoms with Crippen LogP contribution in [0.15, 0.2) is 97.1 Å². The minimum atomic E-state index is -0.320. The van der Waals surface area contributed by atoms with Crippen molar-refractivity contribution in [1.29, 1.82) is 0 Å². The van der Waals surface area contributed by atoms with Gasteiger partial charge in [0, 0.05) is 30.4 Å². The van der Waals surface area contributed by atoms with Crippen molar-refractivity contribution in [2.45, 2.75) is 18.9 Å². The zero-order chi connectivity index (χ0) is 24.2. The molecule has 0 fully saturated rings. The van der Waals surface area contributed by atoms with Crippen LogP contribution in [0.1, 0.15) is 28.2 Å². The van der Waals surface area contributed by atoms with E-state index in [1.54, 1.807) is 4.90 Å². The Kier molecular flexibility index (Phi) is 6.40. The molecule has 0 bridgehead atoms. The number of ether oxygens (including phenoxy) is 1. The molecule has 5 nitrogen and oxygen atoms in total. The Morgan fingerprint density at radius 3 is 1.80 bits per heavy atom. The van der Waals surface area contributed by atoms with Gasteiger partial charge in [-0.25, -0.2) is 4.79 Å². The quantitative estimate of drug-likeness (QED) is 0.337. The Labute approximate surface area is 206 Å². The highest BCUT2D eigenvalue weighted by Crippen LogP contribution is 2.44. The summed E-state index contributed by atoms with van der Waals surface area (Å²) in [5.74, 6) is 0.0295. The summed E-state index contributed by atoms with van der Waals surface area (Å²) in [7, 11) is 0. The van der Waals surface area contributed by atoms with Crippen LogP contribution in [0.25, 0.3) is 11.1 Å². The van der Waals surface area contributed by atoms with Crippen molar-refractivity contribution >= 4 is 17.5 Å². The average molecular weight is 464 g/mol. The minimum absolute atomic E-state index is 0.0295. The van der Waals surface area contributed by atoms with Crippen molar-refractivity contribution in [2.75, 3.05) is 24.6 Å². The molecule has 5 heteroatoms. The second-order valence-electron chi connectivity index (χ2n) is 8.96. The number of fused-ring (bicyclic) bond motifs is 3. The summed E-state index contributed by atoms with van der Waals surface area (Å²) < 4.78 is 5.95. The van der Waals surface area contributed by atoms with E-state index in [1.165, 1.54) is 22.3 Å². The summed E-state index contributed by atoms with van der Waals surface area (Å²) in [5.41, 5.74) is 20.0. The number of hydrogen-bond acceptors (Lipinski definition) is 4. The first kappa shape index (κ1) is 22.5. The fourth-order valence-corrected chi connectivity index (χ4v) is 4.71. The maximum atomic E-state index is 13.3. The molecule has 1 amide bonds. The fraction of sp³-hybridized carbons (Fsp3) is 0.167. The Balaban J connectivity index is 1.32. The lowest BCUT2D eigenvalue weighted by molar-refractivity contribution is 0.0976. The molecule has 0 spiro atoms. The lowest BCUT2D eigenvalue weighted by Crippen LogP contribution is -2.34. The van der Waals surface area contributed by atoms with E-state index in [0.717, 1.165) is 16.8 Å². The lowest BCUT2D eigenvalue weighted by atomic mass is 9.98. The molecule has 5 rings (SSSR count). The van der Waals surface area contributed by atoms with Gasteiger partial charge in [-0.2, -0.15) is 0 Å². The second kappa shape index (κ2) is 9.94. The van der Waals surface area contributed by atoms with Crippen LogP contribution < -0.4 is 11.5 Å². The summed E-state index contributed by atoms with van der Waals surface area (Å²) in [6.45, 7) is 1.28. The first-order valence-corrected chi connectivity index (χ1v) is 11.9. The van der Waals surface area contributed by atoms with Crippen molar-refractivity contribution in [2.24, 2.45) is 0 Å². The van der Waals surface area contributed by atoms with E-state index in [1.807, 2.05) is 60.7 Å². The Morgan fingerprint density at radius 1 is 0.714 bits per heavy atom. The van der Waals surface area contributed by atoms with Crippen molar-refractivity contribution in [3.8, 4) is 11.1 Å². The third-order valence-corrected chi connectivity index (χ3v) is 6.60. The number of hydrogen-bond donors (Lipinski definition) is 2. The van der Waals surface area contributed by atoms with E-state index >= 15 is 0 Å². The second-order valence-corrected chi connectivity index (χ2v) is 8.96. The van der Waals surface area contributed by atoms with Crippen molar-refractivity contribution in [1.82, 2.24) is 4.90 Å². The van der Waals surface area contributed by atoms with Gasteiger partial charge in [-0.05, 0) is 64.1 Å². The maximum Gasteiger partial charge on any atom is 0.410 e. The van der Waals surface area contributed by atoms with E-state index in [0.29, 0.717) is 31.8 Å². The molecule has 0 atom stereocenters. The molecule has 0 aliphatic heterocycles. The molecule has 176 valence electrons. The van der Waals surface area contributed by atoms with Gasteiger partial charge in [0.25, 0.3) is 0 Å². The summed E-state index contributed by atoms with van der Waals surface area (Å²) in [6, 6.07) is 32.1. The number of benzene rings is 4. The van der Waals surface area contributed by atoms with Crippen LogP contribution in [-0.4, -0.2) is 24.1 Å². The van der Waals surface area contributed by atoms with Crippen LogP contribution in [0, 0.1) is 0 Å². The molecule has 4 aromatic rings. The van der Waals surface area contributed by atoms with Crippen LogP contribution in [0.5, 0.6) is 0 Å². The molecule has 1 aliphatic rings. The first-order chi connectivity index (χ1) is 17.1. The summed E-state index contributed by atoms with van der Waals surface area (Å²) in [6.07, 6.45) is 0.388. The molecule has 4 aromatic carbocycles. The van der Waals surface area contributed by atoms with Crippen LogP contribution in [0.4, 0.5) is 16.2 Å². The average Bonchev–Trinajstić information content (AvgIpc) is 3.21. The zero-order valence-corrected chi connectivity index (χ0v) is 19.6. The van der Waals surface area contributed by atoms with Gasteiger partial charge in [-0.3, -0.25) is 0 Å². The molecule has 4 N–H and O–H groups in total. The van der Waals surface area contributed by atoms with E-state index in [2.05, 4.69) is 36.4 Å². The van der Waals surface area contributed by atoms with Crippen LogP contribution >= 0.6 is 0 Å². The monoisotopic (exact) mass is 463 g/mol. The van der Waals surface area contributed by atoms with Crippen molar-refractivity contribution in [3.63, 3.8) is 0 Å². The number of nitrogens with zero attached hydrogens (tertiary/aromatic N) is 1. The van der Waals surface area contributed by atoms with Crippen molar-refractivity contribution < 1.29 is 9.53 Å². The van der Waals surface area contributed by atoms with Gasteiger partial charge >= 0.3 is 6.09 Å². The topological polar surface area (TPSA) is 81.6 Å². The van der Waals surface area contributed by atoms with Crippen molar-refractivity contribution in [3.05, 3.63) is 119 Å². The van der Waals surface area contributed by atoms with E-state index in [-0.39, 0.29) is 12.0 Å². The number of nitrogen functional groups attached to an aromatic ring is 2. The molecule has 0 aromatic heterocycles. The minimum Gasteiger partial charge on any atom is -0.448 e. The number of rotatable bonds is 7. The summed E-state index contributed by atoms with van der Waals surface area (Å²) in [4.78, 5) is 15.1.